The summed E-state index contributed by atoms with van der Waals surface area (Å²) in [7, 11) is 0. The van der Waals surface area contributed by atoms with Crippen molar-refractivity contribution in [1.82, 2.24) is 20.6 Å². The van der Waals surface area contributed by atoms with Crippen LogP contribution in [0, 0.1) is 19.7 Å². The zero-order chi connectivity index (χ0) is 16.3. The molecule has 0 aliphatic rings. The van der Waals surface area contributed by atoms with Crippen molar-refractivity contribution in [3.05, 3.63) is 51.5 Å². The van der Waals surface area contributed by atoms with E-state index in [2.05, 4.69) is 31.9 Å². The number of amides is 2. The molecule has 0 aliphatic heterocycles. The Morgan fingerprint density at radius 2 is 2.00 bits per heavy atom. The number of halogens is 2. The van der Waals surface area contributed by atoms with Crippen LogP contribution < -0.4 is 10.9 Å². The summed E-state index contributed by atoms with van der Waals surface area (Å²) in [6.45, 7) is 3.60. The fourth-order valence-electron chi connectivity index (χ4n) is 1.88. The van der Waals surface area contributed by atoms with Gasteiger partial charge in [-0.1, -0.05) is 15.9 Å². The number of carbonyl (C=O) groups excluding carboxylic acids is 2. The van der Waals surface area contributed by atoms with Crippen molar-refractivity contribution in [2.45, 2.75) is 20.4 Å². The van der Waals surface area contributed by atoms with Crippen LogP contribution in [0.3, 0.4) is 0 Å². The third kappa shape index (κ3) is 3.91. The normalized spacial score (nSPS) is 10.4. The van der Waals surface area contributed by atoms with Crippen LogP contribution in [0.1, 0.15) is 21.7 Å². The molecule has 8 heteroatoms. The molecule has 0 spiro atoms. The van der Waals surface area contributed by atoms with E-state index in [9.17, 15) is 14.0 Å². The molecule has 2 amide bonds. The Hall–Kier alpha value is -2.22. The third-order valence-corrected chi connectivity index (χ3v) is 3.38. The zero-order valence-electron chi connectivity index (χ0n) is 12.0. The van der Waals surface area contributed by atoms with Crippen LogP contribution in [-0.2, 0) is 11.3 Å². The van der Waals surface area contributed by atoms with Crippen molar-refractivity contribution >= 4 is 27.7 Å². The van der Waals surface area contributed by atoms with Gasteiger partial charge in [-0.2, -0.15) is 5.10 Å². The fraction of sp³-hybridized carbons (Fsp3) is 0.214. The summed E-state index contributed by atoms with van der Waals surface area (Å²) >= 11 is 3.15. The second-order valence-electron chi connectivity index (χ2n) is 4.71. The lowest BCUT2D eigenvalue weighted by Crippen LogP contribution is -2.43. The summed E-state index contributed by atoms with van der Waals surface area (Å²) in [4.78, 5) is 23.6. The number of hydrazine groups is 1. The van der Waals surface area contributed by atoms with Crippen molar-refractivity contribution in [3.63, 3.8) is 0 Å². The van der Waals surface area contributed by atoms with Gasteiger partial charge in [0.15, 0.2) is 0 Å². The highest BCUT2D eigenvalue weighted by atomic mass is 79.9. The second-order valence-corrected chi connectivity index (χ2v) is 5.63. The van der Waals surface area contributed by atoms with E-state index in [4.69, 9.17) is 0 Å². The predicted octanol–water partition coefficient (Wildman–Crippen LogP) is 1.86. The molecule has 6 nitrogen and oxygen atoms in total. The van der Waals surface area contributed by atoms with Crippen LogP contribution in [0.25, 0.3) is 0 Å². The predicted molar refractivity (Wildman–Crippen MR) is 81.4 cm³/mol. The molecular weight excluding hydrogens is 355 g/mol. The molecule has 0 radical (unpaired) electrons. The molecule has 1 aromatic heterocycles. The molecule has 2 aromatic rings. The smallest absolute Gasteiger partial charge is 0.271 e. The number of rotatable bonds is 3. The average Bonchev–Trinajstić information content (AvgIpc) is 2.77. The molecule has 22 heavy (non-hydrogen) atoms. The van der Waals surface area contributed by atoms with Gasteiger partial charge in [0.2, 0.25) is 0 Å². The van der Waals surface area contributed by atoms with E-state index in [-0.39, 0.29) is 12.1 Å². The van der Waals surface area contributed by atoms with E-state index in [1.165, 1.54) is 16.8 Å². The molecule has 0 saturated heterocycles. The Bertz CT molecular complexity index is 730. The van der Waals surface area contributed by atoms with Crippen LogP contribution >= 0.6 is 15.9 Å². The minimum absolute atomic E-state index is 0.0408. The van der Waals surface area contributed by atoms with Gasteiger partial charge in [0, 0.05) is 10.2 Å². The van der Waals surface area contributed by atoms with Crippen molar-refractivity contribution in [3.8, 4) is 0 Å². The summed E-state index contributed by atoms with van der Waals surface area (Å²) in [5, 5.41) is 4.14. The molecule has 0 aliphatic carbocycles. The average molecular weight is 369 g/mol. The summed E-state index contributed by atoms with van der Waals surface area (Å²) in [5.74, 6) is -1.87. The topological polar surface area (TPSA) is 76.0 Å². The second kappa shape index (κ2) is 6.69. The molecule has 2 N–H and O–H groups in total. The van der Waals surface area contributed by atoms with Gasteiger partial charge in [-0.25, -0.2) is 4.39 Å². The highest BCUT2D eigenvalue weighted by Crippen LogP contribution is 2.15. The first kappa shape index (κ1) is 16.2. The molecule has 1 heterocycles. The Labute approximate surface area is 134 Å². The number of aromatic nitrogens is 2. The fourth-order valence-corrected chi connectivity index (χ4v) is 2.24. The van der Waals surface area contributed by atoms with Gasteiger partial charge in [-0.15, -0.1) is 0 Å². The highest BCUT2D eigenvalue weighted by Gasteiger charge is 2.13. The Balaban J connectivity index is 1.95. The SMILES string of the molecule is Cc1cc(C)n(CC(=O)NNC(=O)c2cc(Br)ccc2F)n1. The summed E-state index contributed by atoms with van der Waals surface area (Å²) < 4.78 is 15.6. The quantitative estimate of drug-likeness (QED) is 0.811. The maximum Gasteiger partial charge on any atom is 0.272 e. The van der Waals surface area contributed by atoms with Gasteiger partial charge in [0.1, 0.15) is 12.4 Å². The molecule has 116 valence electrons. The van der Waals surface area contributed by atoms with E-state index in [1.807, 2.05) is 19.9 Å². The minimum atomic E-state index is -0.736. The molecule has 1 aromatic carbocycles. The molecular formula is C14H14BrFN4O2. The summed E-state index contributed by atoms with van der Waals surface area (Å²) in [5.41, 5.74) is 5.87. The number of aryl methyl sites for hydroxylation is 2. The van der Waals surface area contributed by atoms with Crippen molar-refractivity contribution < 1.29 is 14.0 Å². The van der Waals surface area contributed by atoms with Gasteiger partial charge >= 0.3 is 0 Å². The van der Waals surface area contributed by atoms with E-state index in [0.29, 0.717) is 4.47 Å². The Morgan fingerprint density at radius 3 is 2.64 bits per heavy atom. The Morgan fingerprint density at radius 1 is 1.27 bits per heavy atom. The van der Waals surface area contributed by atoms with Gasteiger partial charge in [-0.3, -0.25) is 25.1 Å². The van der Waals surface area contributed by atoms with E-state index >= 15 is 0 Å². The van der Waals surface area contributed by atoms with Crippen LogP contribution in [0.5, 0.6) is 0 Å². The summed E-state index contributed by atoms with van der Waals surface area (Å²) in [6, 6.07) is 5.81. The maximum absolute atomic E-state index is 13.5. The zero-order valence-corrected chi connectivity index (χ0v) is 13.6. The summed E-state index contributed by atoms with van der Waals surface area (Å²) in [6.07, 6.45) is 0. The first-order chi connectivity index (χ1) is 10.4. The van der Waals surface area contributed by atoms with E-state index in [1.54, 1.807) is 0 Å². The lowest BCUT2D eigenvalue weighted by atomic mass is 10.2. The van der Waals surface area contributed by atoms with E-state index in [0.717, 1.165) is 17.5 Å². The van der Waals surface area contributed by atoms with Crippen molar-refractivity contribution in [2.75, 3.05) is 0 Å². The lowest BCUT2D eigenvalue weighted by Gasteiger charge is -2.09. The lowest BCUT2D eigenvalue weighted by molar-refractivity contribution is -0.122. The standard InChI is InChI=1S/C14H14BrFN4O2/c1-8-5-9(2)20(19-8)7-13(21)17-18-14(22)11-6-10(15)3-4-12(11)16/h3-6H,7H2,1-2H3,(H,17,21)(H,18,22). The third-order valence-electron chi connectivity index (χ3n) is 2.89. The molecule has 0 bridgehead atoms. The van der Waals surface area contributed by atoms with Crippen molar-refractivity contribution in [1.29, 1.82) is 0 Å². The number of nitrogens with zero attached hydrogens (tertiary/aromatic N) is 2. The number of nitrogens with one attached hydrogen (secondary N) is 2. The van der Waals surface area contributed by atoms with Crippen LogP contribution in [-0.4, -0.2) is 21.6 Å². The molecule has 0 unspecified atom stereocenters. The monoisotopic (exact) mass is 368 g/mol. The van der Waals surface area contributed by atoms with Crippen LogP contribution in [0.4, 0.5) is 4.39 Å². The molecule has 0 saturated carbocycles. The Kier molecular flexibility index (Phi) is 4.92. The van der Waals surface area contributed by atoms with Gasteiger partial charge in [0.25, 0.3) is 11.8 Å². The van der Waals surface area contributed by atoms with Crippen molar-refractivity contribution in [2.24, 2.45) is 0 Å². The first-order valence-corrected chi connectivity index (χ1v) is 7.21. The number of carbonyl (C=O) groups is 2. The minimum Gasteiger partial charge on any atom is -0.271 e. The number of benzene rings is 1. The first-order valence-electron chi connectivity index (χ1n) is 6.42. The van der Waals surface area contributed by atoms with Crippen LogP contribution in [0.2, 0.25) is 0 Å². The number of hydrogen-bond donors (Lipinski definition) is 2. The number of hydrogen-bond acceptors (Lipinski definition) is 3. The molecule has 0 atom stereocenters. The van der Waals surface area contributed by atoms with Gasteiger partial charge < -0.3 is 0 Å². The van der Waals surface area contributed by atoms with E-state index < -0.39 is 17.6 Å². The molecule has 2 rings (SSSR count). The van der Waals surface area contributed by atoms with Gasteiger partial charge in [0.05, 0.1) is 11.3 Å². The van der Waals surface area contributed by atoms with Crippen LogP contribution in [0.15, 0.2) is 28.7 Å². The van der Waals surface area contributed by atoms with Gasteiger partial charge in [-0.05, 0) is 38.1 Å². The molecule has 0 fully saturated rings. The maximum atomic E-state index is 13.5. The highest BCUT2D eigenvalue weighted by molar-refractivity contribution is 9.10. The largest absolute Gasteiger partial charge is 0.272 e.